The highest BCUT2D eigenvalue weighted by Crippen LogP contribution is 2.38. The van der Waals surface area contributed by atoms with E-state index in [1.807, 2.05) is 47.3 Å². The molecule has 0 amide bonds. The van der Waals surface area contributed by atoms with Crippen LogP contribution in [0.3, 0.4) is 0 Å². The Morgan fingerprint density at radius 2 is 1.95 bits per heavy atom. The molecule has 2 aliphatic rings. The van der Waals surface area contributed by atoms with Crippen molar-refractivity contribution < 1.29 is 13.9 Å². The molecule has 1 aliphatic carbocycles. The second-order valence-corrected chi connectivity index (χ2v) is 10.0. The summed E-state index contributed by atoms with van der Waals surface area (Å²) < 4.78 is 18.8. The molecular weight excluding hydrogens is 498 g/mol. The standard InChI is InChI=1S/C28H27N7O4/c36-28-22(11-19-12-24-25(39-17-38-24)13-23(19)30-28)26(27-31-32-33-35(27)20-6-1-2-7-20)34(16-21-8-4-10-37-21)15-18-5-3-9-29-14-18/h3-5,8-14,20,26H,1-2,6-7,15-17H2,(H,30,36)/t26-/m0/s1. The second kappa shape index (κ2) is 9.99. The molecular formula is C28H27N7O4. The Kier molecular flexibility index (Phi) is 6.04. The van der Waals surface area contributed by atoms with Crippen LogP contribution in [0.2, 0.25) is 0 Å². The van der Waals surface area contributed by atoms with Crippen LogP contribution in [0.15, 0.2) is 70.3 Å². The van der Waals surface area contributed by atoms with Gasteiger partial charge in [0.1, 0.15) is 11.8 Å². The van der Waals surface area contributed by atoms with Gasteiger partial charge in [-0.1, -0.05) is 18.9 Å². The number of nitrogens with zero attached hydrogens (tertiary/aromatic N) is 6. The number of hydrogen-bond acceptors (Lipinski definition) is 9. The Balaban J connectivity index is 1.40. The van der Waals surface area contributed by atoms with Crippen LogP contribution in [0, 0.1) is 0 Å². The number of tetrazole rings is 1. The van der Waals surface area contributed by atoms with E-state index in [-0.39, 0.29) is 18.4 Å². The SMILES string of the molecule is O=c1[nH]c2cc3c(cc2cc1[C@@H](c1nnnn1C1CCCC1)N(Cc1cccnc1)Cc1ccco1)OCO3. The van der Waals surface area contributed by atoms with Crippen molar-refractivity contribution in [1.29, 1.82) is 0 Å². The summed E-state index contributed by atoms with van der Waals surface area (Å²) in [5.74, 6) is 2.66. The molecule has 7 rings (SSSR count). The summed E-state index contributed by atoms with van der Waals surface area (Å²) in [6, 6.07) is 12.9. The molecule has 1 N–H and O–H groups in total. The Labute approximate surface area is 223 Å². The third kappa shape index (κ3) is 4.54. The van der Waals surface area contributed by atoms with Crippen molar-refractivity contribution in [1.82, 2.24) is 35.1 Å². The Hall–Kier alpha value is -4.51. The Morgan fingerprint density at radius 3 is 2.74 bits per heavy atom. The molecule has 1 saturated carbocycles. The Morgan fingerprint density at radius 1 is 1.08 bits per heavy atom. The van der Waals surface area contributed by atoms with Gasteiger partial charge in [-0.3, -0.25) is 14.7 Å². The van der Waals surface area contributed by atoms with E-state index in [9.17, 15) is 4.79 Å². The van der Waals surface area contributed by atoms with E-state index >= 15 is 0 Å². The van der Waals surface area contributed by atoms with Gasteiger partial charge in [-0.2, -0.15) is 0 Å². The van der Waals surface area contributed by atoms with Gasteiger partial charge in [0.05, 0.1) is 24.4 Å². The minimum atomic E-state index is -0.565. The number of ether oxygens (including phenoxy) is 2. The lowest BCUT2D eigenvalue weighted by Crippen LogP contribution is -2.35. The van der Waals surface area contributed by atoms with Crippen LogP contribution in [-0.4, -0.2) is 41.9 Å². The van der Waals surface area contributed by atoms with E-state index in [1.54, 1.807) is 18.5 Å². The van der Waals surface area contributed by atoms with Crippen LogP contribution in [0.1, 0.15) is 60.5 Å². The zero-order valence-electron chi connectivity index (χ0n) is 21.2. The molecule has 0 radical (unpaired) electrons. The van der Waals surface area contributed by atoms with Crippen LogP contribution in [0.25, 0.3) is 10.9 Å². The van der Waals surface area contributed by atoms with Crippen molar-refractivity contribution >= 4 is 10.9 Å². The topological polar surface area (TPSA) is 124 Å². The molecule has 5 aromatic rings. The van der Waals surface area contributed by atoms with Gasteiger partial charge in [0, 0.05) is 36.0 Å². The molecule has 4 aromatic heterocycles. The fraction of sp³-hybridized carbons (Fsp3) is 0.321. The predicted molar refractivity (Wildman–Crippen MR) is 140 cm³/mol. The molecule has 1 fully saturated rings. The molecule has 0 spiro atoms. The van der Waals surface area contributed by atoms with Crippen molar-refractivity contribution in [2.24, 2.45) is 0 Å². The van der Waals surface area contributed by atoms with Gasteiger partial charge in [-0.05, 0) is 59.2 Å². The third-order valence-electron chi connectivity index (χ3n) is 7.51. The van der Waals surface area contributed by atoms with Crippen molar-refractivity contribution in [2.75, 3.05) is 6.79 Å². The maximum Gasteiger partial charge on any atom is 0.253 e. The van der Waals surface area contributed by atoms with Crippen molar-refractivity contribution in [3.05, 3.63) is 94.2 Å². The van der Waals surface area contributed by atoms with Gasteiger partial charge in [-0.25, -0.2) is 4.68 Å². The van der Waals surface area contributed by atoms with Gasteiger partial charge >= 0.3 is 0 Å². The monoisotopic (exact) mass is 525 g/mol. The molecule has 0 unspecified atom stereocenters. The zero-order valence-corrected chi connectivity index (χ0v) is 21.2. The van der Waals surface area contributed by atoms with Crippen molar-refractivity contribution in [3.63, 3.8) is 0 Å². The highest BCUT2D eigenvalue weighted by atomic mass is 16.7. The smallest absolute Gasteiger partial charge is 0.253 e. The first-order valence-electron chi connectivity index (χ1n) is 13.1. The molecule has 39 heavy (non-hydrogen) atoms. The number of aromatic amines is 1. The van der Waals surface area contributed by atoms with Crippen LogP contribution >= 0.6 is 0 Å². The van der Waals surface area contributed by atoms with Crippen molar-refractivity contribution in [2.45, 2.75) is 50.9 Å². The number of H-pyrrole nitrogens is 1. The molecule has 1 atom stereocenters. The van der Waals surface area contributed by atoms with Gasteiger partial charge in [0.25, 0.3) is 5.56 Å². The minimum Gasteiger partial charge on any atom is -0.468 e. The quantitative estimate of drug-likeness (QED) is 0.318. The number of hydrogen-bond donors (Lipinski definition) is 1. The van der Waals surface area contributed by atoms with E-state index in [0.29, 0.717) is 41.5 Å². The first-order chi connectivity index (χ1) is 19.2. The van der Waals surface area contributed by atoms with E-state index in [2.05, 4.69) is 30.4 Å². The van der Waals surface area contributed by atoms with Crippen LogP contribution in [-0.2, 0) is 13.1 Å². The third-order valence-corrected chi connectivity index (χ3v) is 7.51. The maximum atomic E-state index is 13.8. The van der Waals surface area contributed by atoms with Gasteiger partial charge in [0.2, 0.25) is 6.79 Å². The van der Waals surface area contributed by atoms with Crippen LogP contribution in [0.4, 0.5) is 0 Å². The molecule has 0 saturated heterocycles. The fourth-order valence-corrected chi connectivity index (χ4v) is 5.67. The highest BCUT2D eigenvalue weighted by molar-refractivity contribution is 5.83. The molecule has 5 heterocycles. The normalized spacial score (nSPS) is 15.9. The molecule has 0 bridgehead atoms. The number of rotatable bonds is 8. The minimum absolute atomic E-state index is 0.156. The van der Waals surface area contributed by atoms with Crippen LogP contribution in [0.5, 0.6) is 11.5 Å². The largest absolute Gasteiger partial charge is 0.468 e. The summed E-state index contributed by atoms with van der Waals surface area (Å²) in [4.78, 5) is 23.3. The summed E-state index contributed by atoms with van der Waals surface area (Å²) in [5, 5.41) is 13.9. The summed E-state index contributed by atoms with van der Waals surface area (Å²) in [5.41, 5.74) is 1.98. The number of furan rings is 1. The van der Waals surface area contributed by atoms with E-state index in [0.717, 1.165) is 42.4 Å². The average Bonchev–Trinajstić information content (AvgIpc) is 3.77. The first kappa shape index (κ1) is 23.6. The number of aromatic nitrogens is 6. The van der Waals surface area contributed by atoms with Gasteiger partial charge in [0.15, 0.2) is 17.3 Å². The first-order valence-corrected chi connectivity index (χ1v) is 13.1. The summed E-state index contributed by atoms with van der Waals surface area (Å²) in [7, 11) is 0. The van der Waals surface area contributed by atoms with E-state index in [1.165, 1.54) is 0 Å². The summed E-state index contributed by atoms with van der Waals surface area (Å²) >= 11 is 0. The number of nitrogens with one attached hydrogen (secondary N) is 1. The van der Waals surface area contributed by atoms with E-state index < -0.39 is 6.04 Å². The molecule has 198 valence electrons. The molecule has 11 nitrogen and oxygen atoms in total. The predicted octanol–water partition coefficient (Wildman–Crippen LogP) is 4.14. The average molecular weight is 526 g/mol. The second-order valence-electron chi connectivity index (χ2n) is 10.0. The Bertz CT molecular complexity index is 1640. The van der Waals surface area contributed by atoms with Crippen LogP contribution < -0.4 is 15.0 Å². The van der Waals surface area contributed by atoms with E-state index in [4.69, 9.17) is 13.9 Å². The summed E-state index contributed by atoms with van der Waals surface area (Å²) in [6.45, 7) is 1.08. The lowest BCUT2D eigenvalue weighted by Gasteiger charge is -2.31. The molecule has 1 aliphatic heterocycles. The number of benzene rings is 1. The lowest BCUT2D eigenvalue weighted by molar-refractivity contribution is 0.174. The van der Waals surface area contributed by atoms with Gasteiger partial charge in [-0.15, -0.1) is 5.10 Å². The summed E-state index contributed by atoms with van der Waals surface area (Å²) in [6.07, 6.45) is 9.50. The van der Waals surface area contributed by atoms with Crippen molar-refractivity contribution in [3.8, 4) is 11.5 Å². The molecule has 1 aromatic carbocycles. The zero-order chi connectivity index (χ0) is 26.2. The fourth-order valence-electron chi connectivity index (χ4n) is 5.67. The number of pyridine rings is 2. The lowest BCUT2D eigenvalue weighted by atomic mass is 10.0. The maximum absolute atomic E-state index is 13.8. The number of fused-ring (bicyclic) bond motifs is 2. The molecule has 11 heteroatoms. The highest BCUT2D eigenvalue weighted by Gasteiger charge is 2.34. The van der Waals surface area contributed by atoms with Gasteiger partial charge < -0.3 is 18.9 Å².